The van der Waals surface area contributed by atoms with E-state index in [0.29, 0.717) is 22.0 Å². The molecule has 0 fully saturated rings. The van der Waals surface area contributed by atoms with Gasteiger partial charge >= 0.3 is 0 Å². The summed E-state index contributed by atoms with van der Waals surface area (Å²) in [7, 11) is -0.288. The smallest absolute Gasteiger partial charge is 0.228 e. The summed E-state index contributed by atoms with van der Waals surface area (Å²) >= 11 is 5.89. The van der Waals surface area contributed by atoms with Crippen molar-refractivity contribution in [1.29, 1.82) is 0 Å². The molecule has 0 spiro atoms. The number of anilines is 1. The van der Waals surface area contributed by atoms with Gasteiger partial charge in [0.1, 0.15) is 5.75 Å². The average molecular weight is 397 g/mol. The van der Waals surface area contributed by atoms with Crippen molar-refractivity contribution >= 4 is 33.2 Å². The van der Waals surface area contributed by atoms with Crippen molar-refractivity contribution < 1.29 is 17.9 Å². The fourth-order valence-corrected chi connectivity index (χ4v) is 3.30. The van der Waals surface area contributed by atoms with Crippen LogP contribution in [0.15, 0.2) is 48.5 Å². The highest BCUT2D eigenvalue weighted by Crippen LogP contribution is 2.24. The summed E-state index contributed by atoms with van der Waals surface area (Å²) in [6.45, 7) is 0. The van der Waals surface area contributed by atoms with E-state index in [2.05, 4.69) is 4.72 Å². The van der Waals surface area contributed by atoms with Crippen LogP contribution in [-0.4, -0.2) is 34.7 Å². The van der Waals surface area contributed by atoms with Crippen molar-refractivity contribution in [3.63, 3.8) is 0 Å². The standard InChI is InChI=1S/C18H21ClN2O4S/c1-21(15-8-10-16(25-2)11-9-15)18(22)12-17(20-26(3,23)24)13-4-6-14(19)7-5-13/h4-11,17,20H,12H2,1-3H3. The molecule has 140 valence electrons. The summed E-state index contributed by atoms with van der Waals surface area (Å²) < 4.78 is 31.0. The van der Waals surface area contributed by atoms with Gasteiger partial charge in [-0.05, 0) is 42.0 Å². The van der Waals surface area contributed by atoms with E-state index in [-0.39, 0.29) is 12.3 Å². The number of benzene rings is 2. The lowest BCUT2D eigenvalue weighted by Gasteiger charge is -2.22. The third-order valence-corrected chi connectivity index (χ3v) is 4.81. The Morgan fingerprint density at radius 1 is 1.15 bits per heavy atom. The molecule has 0 aliphatic heterocycles. The lowest BCUT2D eigenvalue weighted by atomic mass is 10.0. The summed E-state index contributed by atoms with van der Waals surface area (Å²) in [5.74, 6) is 0.457. The molecule has 1 atom stereocenters. The van der Waals surface area contributed by atoms with Crippen LogP contribution in [0.25, 0.3) is 0 Å². The van der Waals surface area contributed by atoms with Crippen molar-refractivity contribution in [1.82, 2.24) is 4.72 Å². The maximum atomic E-state index is 12.7. The van der Waals surface area contributed by atoms with Gasteiger partial charge in [0.25, 0.3) is 0 Å². The van der Waals surface area contributed by atoms with E-state index in [1.165, 1.54) is 4.90 Å². The molecule has 1 unspecified atom stereocenters. The van der Waals surface area contributed by atoms with Crippen molar-refractivity contribution in [2.24, 2.45) is 0 Å². The summed E-state index contributed by atoms with van der Waals surface area (Å²) in [6.07, 6.45) is 1.03. The van der Waals surface area contributed by atoms with Crippen molar-refractivity contribution in [3.8, 4) is 5.75 Å². The molecule has 0 radical (unpaired) electrons. The lowest BCUT2D eigenvalue weighted by Crippen LogP contribution is -2.34. The molecule has 2 rings (SSSR count). The second kappa shape index (κ2) is 8.53. The number of nitrogens with one attached hydrogen (secondary N) is 1. The van der Waals surface area contributed by atoms with Gasteiger partial charge in [0, 0.05) is 24.2 Å². The Morgan fingerprint density at radius 2 is 1.73 bits per heavy atom. The number of amides is 1. The van der Waals surface area contributed by atoms with E-state index in [0.717, 1.165) is 6.26 Å². The van der Waals surface area contributed by atoms with Gasteiger partial charge in [0.2, 0.25) is 15.9 Å². The molecular formula is C18H21ClN2O4S. The fraction of sp³-hybridized carbons (Fsp3) is 0.278. The molecule has 0 saturated carbocycles. The minimum atomic E-state index is -3.50. The number of ether oxygens (including phenoxy) is 1. The van der Waals surface area contributed by atoms with Crippen molar-refractivity contribution in [3.05, 3.63) is 59.1 Å². The van der Waals surface area contributed by atoms with E-state index in [1.807, 2.05) is 0 Å². The highest BCUT2D eigenvalue weighted by atomic mass is 35.5. The topological polar surface area (TPSA) is 75.7 Å². The Morgan fingerprint density at radius 3 is 2.23 bits per heavy atom. The molecular weight excluding hydrogens is 376 g/mol. The third kappa shape index (κ3) is 5.72. The van der Waals surface area contributed by atoms with E-state index < -0.39 is 16.1 Å². The van der Waals surface area contributed by atoms with Gasteiger partial charge in [-0.1, -0.05) is 23.7 Å². The highest BCUT2D eigenvalue weighted by molar-refractivity contribution is 7.88. The minimum absolute atomic E-state index is 0.0305. The number of carbonyl (C=O) groups is 1. The first kappa shape index (κ1) is 20.2. The Bertz CT molecular complexity index is 852. The van der Waals surface area contributed by atoms with Gasteiger partial charge < -0.3 is 9.64 Å². The SMILES string of the molecule is COc1ccc(N(C)C(=O)CC(NS(C)(=O)=O)c2ccc(Cl)cc2)cc1. The molecule has 0 heterocycles. The van der Waals surface area contributed by atoms with Crippen LogP contribution < -0.4 is 14.4 Å². The van der Waals surface area contributed by atoms with Crippen LogP contribution in [0.3, 0.4) is 0 Å². The molecule has 1 amide bonds. The second-order valence-electron chi connectivity index (χ2n) is 5.85. The van der Waals surface area contributed by atoms with Crippen LogP contribution in [0, 0.1) is 0 Å². The predicted octanol–water partition coefficient (Wildman–Crippen LogP) is 2.99. The van der Waals surface area contributed by atoms with Crippen LogP contribution in [-0.2, 0) is 14.8 Å². The molecule has 2 aromatic carbocycles. The molecule has 0 bridgehead atoms. The number of rotatable bonds is 7. The quantitative estimate of drug-likeness (QED) is 0.780. The fourth-order valence-electron chi connectivity index (χ4n) is 2.44. The number of methoxy groups -OCH3 is 1. The molecule has 0 saturated heterocycles. The largest absolute Gasteiger partial charge is 0.497 e. The normalized spacial score (nSPS) is 12.5. The summed E-state index contributed by atoms with van der Waals surface area (Å²) in [4.78, 5) is 14.1. The van der Waals surface area contributed by atoms with Gasteiger partial charge in [-0.2, -0.15) is 0 Å². The summed E-state index contributed by atoms with van der Waals surface area (Å²) in [5.41, 5.74) is 1.35. The van der Waals surface area contributed by atoms with Crippen LogP contribution in [0.5, 0.6) is 5.75 Å². The first-order valence-electron chi connectivity index (χ1n) is 7.83. The number of hydrogen-bond donors (Lipinski definition) is 1. The maximum absolute atomic E-state index is 12.7. The van der Waals surface area contributed by atoms with Crippen molar-refractivity contribution in [2.75, 3.05) is 25.3 Å². The zero-order valence-corrected chi connectivity index (χ0v) is 16.3. The molecule has 26 heavy (non-hydrogen) atoms. The van der Waals surface area contributed by atoms with Gasteiger partial charge in [0.15, 0.2) is 0 Å². The Labute approximate surface area is 158 Å². The van der Waals surface area contributed by atoms with Crippen molar-refractivity contribution in [2.45, 2.75) is 12.5 Å². The minimum Gasteiger partial charge on any atom is -0.497 e. The van der Waals surface area contributed by atoms with Crippen LogP contribution in [0.4, 0.5) is 5.69 Å². The molecule has 0 aliphatic rings. The Hall–Kier alpha value is -2.09. The third-order valence-electron chi connectivity index (χ3n) is 3.84. The van der Waals surface area contributed by atoms with Gasteiger partial charge in [-0.25, -0.2) is 13.1 Å². The molecule has 6 nitrogen and oxygen atoms in total. The number of halogens is 1. The summed E-state index contributed by atoms with van der Waals surface area (Å²) in [5, 5.41) is 0.536. The van der Waals surface area contributed by atoms with E-state index in [4.69, 9.17) is 16.3 Å². The number of nitrogens with zero attached hydrogens (tertiary/aromatic N) is 1. The van der Waals surface area contributed by atoms with Gasteiger partial charge in [-0.15, -0.1) is 0 Å². The number of carbonyl (C=O) groups excluding carboxylic acids is 1. The molecule has 2 aromatic rings. The zero-order valence-electron chi connectivity index (χ0n) is 14.8. The summed E-state index contributed by atoms with van der Waals surface area (Å²) in [6, 6.07) is 13.1. The molecule has 1 N–H and O–H groups in total. The van der Waals surface area contributed by atoms with E-state index in [9.17, 15) is 13.2 Å². The van der Waals surface area contributed by atoms with E-state index >= 15 is 0 Å². The average Bonchev–Trinajstić information content (AvgIpc) is 2.60. The number of hydrogen-bond acceptors (Lipinski definition) is 4. The lowest BCUT2D eigenvalue weighted by molar-refractivity contribution is -0.118. The van der Waals surface area contributed by atoms with Crippen LogP contribution in [0.2, 0.25) is 5.02 Å². The van der Waals surface area contributed by atoms with E-state index in [1.54, 1.807) is 62.7 Å². The first-order valence-corrected chi connectivity index (χ1v) is 10.1. The molecule has 8 heteroatoms. The monoisotopic (exact) mass is 396 g/mol. The second-order valence-corrected chi connectivity index (χ2v) is 8.07. The van der Waals surface area contributed by atoms with Gasteiger partial charge in [0.05, 0.1) is 19.4 Å². The predicted molar refractivity (Wildman–Crippen MR) is 103 cm³/mol. The molecule has 0 aliphatic carbocycles. The zero-order chi connectivity index (χ0) is 19.3. The Balaban J connectivity index is 2.20. The molecule has 0 aromatic heterocycles. The highest BCUT2D eigenvalue weighted by Gasteiger charge is 2.22. The maximum Gasteiger partial charge on any atom is 0.228 e. The Kier molecular flexibility index (Phi) is 6.63. The first-order chi connectivity index (χ1) is 12.2. The van der Waals surface area contributed by atoms with Crippen LogP contribution >= 0.6 is 11.6 Å². The van der Waals surface area contributed by atoms with Gasteiger partial charge in [-0.3, -0.25) is 4.79 Å². The van der Waals surface area contributed by atoms with Crippen LogP contribution in [0.1, 0.15) is 18.0 Å². The number of sulfonamides is 1.